The van der Waals surface area contributed by atoms with E-state index in [0.29, 0.717) is 69.1 Å². The molecule has 0 fully saturated rings. The lowest BCUT2D eigenvalue weighted by Crippen LogP contribution is -2.47. The molecule has 3 rings (SSSR count). The summed E-state index contributed by atoms with van der Waals surface area (Å²) in [5.74, 6) is 1.29. The molecule has 12 heteroatoms. The van der Waals surface area contributed by atoms with Gasteiger partial charge in [0.1, 0.15) is 38.6 Å². The first kappa shape index (κ1) is 37.4. The first-order valence-electron chi connectivity index (χ1n) is 16.3. The number of sulfonamides is 1. The Morgan fingerprint density at radius 2 is 1.13 bits per heavy atom. The molecule has 0 radical (unpaired) electrons. The molecule has 0 aliphatic carbocycles. The maximum absolute atomic E-state index is 12.6. The van der Waals surface area contributed by atoms with Crippen molar-refractivity contribution in [3.05, 3.63) is 48.5 Å². The molecule has 2 aromatic carbocycles. The Morgan fingerprint density at radius 1 is 0.696 bits per heavy atom. The predicted molar refractivity (Wildman–Crippen MR) is 175 cm³/mol. The van der Waals surface area contributed by atoms with E-state index >= 15 is 0 Å². The van der Waals surface area contributed by atoms with Gasteiger partial charge >= 0.3 is 0 Å². The van der Waals surface area contributed by atoms with Crippen LogP contribution >= 0.6 is 0 Å². The lowest BCUT2D eigenvalue weighted by molar-refractivity contribution is -0.140. The monoisotopic (exact) mass is 665 g/mol. The number of ether oxygens (including phenoxy) is 7. The van der Waals surface area contributed by atoms with Gasteiger partial charge in [0.15, 0.2) is 23.0 Å². The van der Waals surface area contributed by atoms with Crippen LogP contribution < -0.4 is 23.7 Å². The van der Waals surface area contributed by atoms with Gasteiger partial charge in [0.2, 0.25) is 10.0 Å². The molecule has 0 aromatic heterocycles. The third kappa shape index (κ3) is 15.0. The number of benzene rings is 2. The number of carbonyl (C=O) groups is 1. The first-order valence-corrected chi connectivity index (χ1v) is 18.2. The van der Waals surface area contributed by atoms with Crippen LogP contribution in [-0.4, -0.2) is 85.6 Å². The quantitative estimate of drug-likeness (QED) is 0.281. The summed E-state index contributed by atoms with van der Waals surface area (Å²) in [7, 11) is -3.76. The van der Waals surface area contributed by atoms with E-state index in [1.807, 2.05) is 41.1 Å². The summed E-state index contributed by atoms with van der Waals surface area (Å²) in [5.41, 5.74) is -1.12. The van der Waals surface area contributed by atoms with Gasteiger partial charge < -0.3 is 33.2 Å². The van der Waals surface area contributed by atoms with Crippen molar-refractivity contribution in [3.8, 4) is 23.0 Å². The number of unbranched alkanes of at least 4 members (excludes halogenated alkanes) is 7. The van der Waals surface area contributed by atoms with Crippen LogP contribution in [0.2, 0.25) is 0 Å². The van der Waals surface area contributed by atoms with E-state index in [1.54, 1.807) is 12.1 Å². The molecule has 0 spiro atoms. The highest BCUT2D eigenvalue weighted by atomic mass is 32.2. The van der Waals surface area contributed by atoms with Gasteiger partial charge in [0, 0.05) is 0 Å². The van der Waals surface area contributed by atoms with E-state index < -0.39 is 28.1 Å². The maximum Gasteiger partial charge on any atom is 0.259 e. The number of nitrogens with one attached hydrogen (secondary N) is 1. The molecule has 2 aromatic rings. The number of hydrogen-bond acceptors (Lipinski definition) is 10. The van der Waals surface area contributed by atoms with Gasteiger partial charge in [-0.1, -0.05) is 82.6 Å². The number of carbonyl (C=O) groups excluding carboxylic acids is 1. The molecule has 1 heterocycles. The van der Waals surface area contributed by atoms with E-state index in [1.165, 1.54) is 25.7 Å². The zero-order valence-corrected chi connectivity index (χ0v) is 28.2. The number of hydrogen-bond donors (Lipinski definition) is 1. The lowest BCUT2D eigenvalue weighted by Gasteiger charge is -2.34. The third-order valence-electron chi connectivity index (χ3n) is 7.32. The molecule has 46 heavy (non-hydrogen) atoms. The smallest absolute Gasteiger partial charge is 0.259 e. The van der Waals surface area contributed by atoms with Crippen molar-refractivity contribution in [1.29, 1.82) is 0 Å². The second-order valence-electron chi connectivity index (χ2n) is 11.4. The first-order chi connectivity index (χ1) is 22.3. The summed E-state index contributed by atoms with van der Waals surface area (Å²) < 4.78 is 67.6. The Labute approximate surface area is 274 Å². The number of para-hydroxylation sites is 4. The van der Waals surface area contributed by atoms with Crippen LogP contribution in [0.25, 0.3) is 0 Å². The Balaban J connectivity index is 1.86. The summed E-state index contributed by atoms with van der Waals surface area (Å²) in [6.45, 7) is 3.96. The van der Waals surface area contributed by atoms with Gasteiger partial charge in [-0.15, -0.1) is 0 Å². The lowest BCUT2D eigenvalue weighted by atomic mass is 9.96. The van der Waals surface area contributed by atoms with Gasteiger partial charge in [-0.25, -0.2) is 8.42 Å². The van der Waals surface area contributed by atoms with E-state index in [9.17, 15) is 13.2 Å². The summed E-state index contributed by atoms with van der Waals surface area (Å²) in [5, 5.41) is 0. The van der Waals surface area contributed by atoms with Crippen molar-refractivity contribution in [2.24, 2.45) is 0 Å². The topological polar surface area (TPSA) is 128 Å². The number of rotatable bonds is 13. The minimum atomic E-state index is -3.76. The third-order valence-corrected chi connectivity index (χ3v) is 7.92. The average molecular weight is 666 g/mol. The maximum atomic E-state index is 12.6. The zero-order valence-electron chi connectivity index (χ0n) is 27.3. The molecule has 0 saturated carbocycles. The second kappa shape index (κ2) is 20.9. The van der Waals surface area contributed by atoms with E-state index in [-0.39, 0.29) is 13.2 Å². The van der Waals surface area contributed by atoms with Gasteiger partial charge in [0.05, 0.1) is 32.7 Å². The summed E-state index contributed by atoms with van der Waals surface area (Å²) in [4.78, 5) is 12.6. The Morgan fingerprint density at radius 3 is 1.61 bits per heavy atom. The van der Waals surface area contributed by atoms with E-state index in [4.69, 9.17) is 33.2 Å². The van der Waals surface area contributed by atoms with Gasteiger partial charge in [-0.05, 0) is 30.7 Å². The highest BCUT2D eigenvalue weighted by Gasteiger charge is 2.35. The fourth-order valence-electron chi connectivity index (χ4n) is 4.92. The highest BCUT2D eigenvalue weighted by Crippen LogP contribution is 2.32. The van der Waals surface area contributed by atoms with Crippen molar-refractivity contribution >= 4 is 15.9 Å². The second-order valence-corrected chi connectivity index (χ2v) is 13.1. The predicted octanol–water partition coefficient (Wildman–Crippen LogP) is 5.31. The standard InChI is InChI=1S/C34H51NO10S/c1-3-4-5-6-7-8-9-14-19-34(45-26-33(36)35-46(2,37)38)27-43-31-17-12-10-15-29(31)41-24-22-39-20-21-40-23-25-42-30-16-11-13-18-32(30)44-28-34/h10-13,15-18H,3-9,14,19-28H2,1-2H3,(H,35,36). The minimum Gasteiger partial charge on any atom is -0.487 e. The Bertz CT molecular complexity index is 1200. The summed E-state index contributed by atoms with van der Waals surface area (Å²) in [6.07, 6.45) is 10.3. The molecule has 0 unspecified atom stereocenters. The van der Waals surface area contributed by atoms with Crippen molar-refractivity contribution in [2.75, 3.05) is 65.7 Å². The normalized spacial score (nSPS) is 16.4. The van der Waals surface area contributed by atoms with Crippen molar-refractivity contribution in [2.45, 2.75) is 70.3 Å². The molecule has 1 aliphatic heterocycles. The molecule has 11 nitrogen and oxygen atoms in total. The highest BCUT2D eigenvalue weighted by molar-refractivity contribution is 7.89. The van der Waals surface area contributed by atoms with Crippen LogP contribution in [0.15, 0.2) is 48.5 Å². The fraction of sp³-hybridized carbons (Fsp3) is 0.618. The van der Waals surface area contributed by atoms with Crippen molar-refractivity contribution < 1.29 is 46.4 Å². The van der Waals surface area contributed by atoms with Gasteiger partial charge in [-0.2, -0.15) is 0 Å². The molecule has 0 saturated heterocycles. The summed E-state index contributed by atoms with van der Waals surface area (Å²) in [6, 6.07) is 14.6. The number of amides is 1. The Kier molecular flexibility index (Phi) is 17.0. The molecule has 1 N–H and O–H groups in total. The summed E-state index contributed by atoms with van der Waals surface area (Å²) >= 11 is 0. The van der Waals surface area contributed by atoms with Crippen LogP contribution in [0.3, 0.4) is 0 Å². The fourth-order valence-corrected chi connectivity index (χ4v) is 5.39. The Hall–Kier alpha value is -3.06. The van der Waals surface area contributed by atoms with E-state index in [2.05, 4.69) is 6.92 Å². The molecule has 0 atom stereocenters. The zero-order chi connectivity index (χ0) is 32.9. The van der Waals surface area contributed by atoms with Gasteiger partial charge in [-0.3, -0.25) is 9.52 Å². The molecule has 1 amide bonds. The van der Waals surface area contributed by atoms with Crippen LogP contribution in [-0.2, 0) is 29.0 Å². The minimum absolute atomic E-state index is 0.0173. The molecule has 1 aliphatic rings. The van der Waals surface area contributed by atoms with Crippen LogP contribution in [0.1, 0.15) is 64.7 Å². The van der Waals surface area contributed by atoms with Crippen molar-refractivity contribution in [1.82, 2.24) is 4.72 Å². The molecule has 0 bridgehead atoms. The SMILES string of the molecule is CCCCCCCCCCC1(OCC(=O)NS(C)(=O)=O)COc2ccccc2OCCOCCOCCOc2ccccc2OC1. The largest absolute Gasteiger partial charge is 0.487 e. The van der Waals surface area contributed by atoms with Crippen LogP contribution in [0.5, 0.6) is 23.0 Å². The van der Waals surface area contributed by atoms with Crippen LogP contribution in [0.4, 0.5) is 0 Å². The van der Waals surface area contributed by atoms with Crippen molar-refractivity contribution in [3.63, 3.8) is 0 Å². The molecular weight excluding hydrogens is 614 g/mol. The van der Waals surface area contributed by atoms with Crippen LogP contribution in [0, 0.1) is 0 Å². The van der Waals surface area contributed by atoms with Gasteiger partial charge in [0.25, 0.3) is 5.91 Å². The average Bonchev–Trinajstić information content (AvgIpc) is 3.03. The van der Waals surface area contributed by atoms with E-state index in [0.717, 1.165) is 31.9 Å². The number of fused-ring (bicyclic) bond motifs is 2. The molecular formula is C34H51NO10S. The molecule has 258 valence electrons.